The molecule has 7 nitrogen and oxygen atoms in total. The van der Waals surface area contributed by atoms with Crippen LogP contribution < -0.4 is 11.2 Å². The third-order valence-corrected chi connectivity index (χ3v) is 2.84. The number of aromatic nitrogens is 2. The number of ether oxygens (including phenoxy) is 1. The minimum atomic E-state index is -0.816. The van der Waals surface area contributed by atoms with Gasteiger partial charge < -0.3 is 14.9 Å². The highest BCUT2D eigenvalue weighted by Gasteiger charge is 2.34. The lowest BCUT2D eigenvalue weighted by atomic mass is 10.2. The average molecular weight is 302 g/mol. The molecule has 2 heterocycles. The number of aliphatic hydroxyl groups excluding tert-OH is 2. The third kappa shape index (κ3) is 4.80. The van der Waals surface area contributed by atoms with Crippen molar-refractivity contribution in [2.75, 3.05) is 6.61 Å². The van der Waals surface area contributed by atoms with Crippen molar-refractivity contribution < 1.29 is 14.9 Å². The molecule has 0 radical (unpaired) electrons. The maximum absolute atomic E-state index is 11.6. The Morgan fingerprint density at radius 1 is 1.33 bits per heavy atom. The fourth-order valence-corrected chi connectivity index (χ4v) is 1.85. The Morgan fingerprint density at radius 2 is 1.90 bits per heavy atom. The first-order chi connectivity index (χ1) is 10.0. The molecule has 3 N–H and O–H groups in total. The van der Waals surface area contributed by atoms with Crippen LogP contribution in [0.5, 0.6) is 0 Å². The highest BCUT2D eigenvalue weighted by atomic mass is 16.5. The van der Waals surface area contributed by atoms with E-state index < -0.39 is 29.7 Å². The first-order valence-electron chi connectivity index (χ1n) is 7.29. The number of nitrogens with one attached hydrogen (secondary N) is 1. The monoisotopic (exact) mass is 302 g/mol. The van der Waals surface area contributed by atoms with Gasteiger partial charge in [0.15, 0.2) is 0 Å². The number of hydrogen-bond donors (Lipinski definition) is 3. The first-order valence-corrected chi connectivity index (χ1v) is 7.29. The topological polar surface area (TPSA) is 105 Å². The van der Waals surface area contributed by atoms with Gasteiger partial charge in [-0.05, 0) is 6.92 Å². The number of hydrogen-bond acceptors (Lipinski definition) is 5. The number of nitrogens with zero attached hydrogens (tertiary/aromatic N) is 1. The molecule has 0 amide bonds. The highest BCUT2D eigenvalue weighted by molar-refractivity contribution is 5.02. The average Bonchev–Trinajstić information content (AvgIpc) is 2.88. The molecule has 2 rings (SSSR count). The van der Waals surface area contributed by atoms with Gasteiger partial charge in [0, 0.05) is 18.2 Å². The summed E-state index contributed by atoms with van der Waals surface area (Å²) < 4.78 is 6.54. The zero-order valence-electron chi connectivity index (χ0n) is 13.3. The summed E-state index contributed by atoms with van der Waals surface area (Å²) in [5.74, 6) is 0. The minimum absolute atomic E-state index is 0.205. The van der Waals surface area contributed by atoms with Gasteiger partial charge >= 0.3 is 5.69 Å². The maximum atomic E-state index is 11.6. The van der Waals surface area contributed by atoms with Crippen LogP contribution in [0.4, 0.5) is 0 Å². The number of aromatic amines is 1. The quantitative estimate of drug-likeness (QED) is 0.739. The molecule has 1 aromatic rings. The Kier molecular flexibility index (Phi) is 8.84. The van der Waals surface area contributed by atoms with Gasteiger partial charge in [-0.1, -0.05) is 27.7 Å². The van der Waals surface area contributed by atoms with Gasteiger partial charge in [-0.25, -0.2) is 4.79 Å². The molecule has 0 aromatic carbocycles. The van der Waals surface area contributed by atoms with Crippen molar-refractivity contribution in [3.05, 3.63) is 32.6 Å². The van der Waals surface area contributed by atoms with Crippen LogP contribution in [-0.4, -0.2) is 38.6 Å². The van der Waals surface area contributed by atoms with Crippen molar-refractivity contribution in [2.24, 2.45) is 0 Å². The third-order valence-electron chi connectivity index (χ3n) is 2.84. The van der Waals surface area contributed by atoms with Crippen LogP contribution in [0.1, 0.15) is 45.9 Å². The van der Waals surface area contributed by atoms with Gasteiger partial charge in [0.25, 0.3) is 5.56 Å². The van der Waals surface area contributed by atoms with Crippen LogP contribution in [-0.2, 0) is 4.74 Å². The SMILES string of the molecule is CC.CC.Cc1cn(C2CC(O)C(CO)O2)c(=O)[nH]c1=O. The predicted octanol–water partition coefficient (Wildman–Crippen LogP) is 0.538. The van der Waals surface area contributed by atoms with Crippen LogP contribution in [0.2, 0.25) is 0 Å². The van der Waals surface area contributed by atoms with E-state index in [4.69, 9.17) is 9.84 Å². The fraction of sp³-hybridized carbons (Fsp3) is 0.714. The molecule has 1 aromatic heterocycles. The predicted molar refractivity (Wildman–Crippen MR) is 80.4 cm³/mol. The summed E-state index contributed by atoms with van der Waals surface area (Å²) in [7, 11) is 0. The zero-order valence-corrected chi connectivity index (χ0v) is 13.3. The van der Waals surface area contributed by atoms with E-state index in [0.29, 0.717) is 5.56 Å². The molecular weight excluding hydrogens is 276 g/mol. The highest BCUT2D eigenvalue weighted by Crippen LogP contribution is 2.27. The van der Waals surface area contributed by atoms with E-state index in [1.807, 2.05) is 27.7 Å². The molecule has 0 saturated carbocycles. The van der Waals surface area contributed by atoms with Gasteiger partial charge in [-0.2, -0.15) is 0 Å². The van der Waals surface area contributed by atoms with Crippen LogP contribution in [0.25, 0.3) is 0 Å². The van der Waals surface area contributed by atoms with Crippen molar-refractivity contribution in [2.45, 2.75) is 59.5 Å². The van der Waals surface area contributed by atoms with E-state index in [-0.39, 0.29) is 13.0 Å². The lowest BCUT2D eigenvalue weighted by molar-refractivity contribution is -0.0459. The van der Waals surface area contributed by atoms with Gasteiger partial charge in [0.05, 0.1) is 12.7 Å². The van der Waals surface area contributed by atoms with Crippen LogP contribution in [0, 0.1) is 6.92 Å². The molecule has 3 unspecified atom stereocenters. The second-order valence-corrected chi connectivity index (χ2v) is 4.09. The first kappa shape index (κ1) is 19.6. The summed E-state index contributed by atoms with van der Waals surface area (Å²) in [6.45, 7) is 9.26. The number of aliphatic hydroxyl groups is 2. The Bertz CT molecular complexity index is 523. The van der Waals surface area contributed by atoms with Gasteiger partial charge in [0.1, 0.15) is 12.3 Å². The zero-order chi connectivity index (χ0) is 16.6. The largest absolute Gasteiger partial charge is 0.394 e. The summed E-state index contributed by atoms with van der Waals surface area (Å²) in [6, 6.07) is 0. The summed E-state index contributed by atoms with van der Waals surface area (Å²) in [5, 5.41) is 18.5. The van der Waals surface area contributed by atoms with Crippen molar-refractivity contribution >= 4 is 0 Å². The van der Waals surface area contributed by atoms with Crippen molar-refractivity contribution in [3.8, 4) is 0 Å². The number of aryl methyl sites for hydroxylation is 1. The normalized spacial score (nSPS) is 23.7. The summed E-state index contributed by atoms with van der Waals surface area (Å²) in [5.41, 5.74) is -0.643. The fourth-order valence-electron chi connectivity index (χ4n) is 1.85. The van der Waals surface area contributed by atoms with E-state index in [1.54, 1.807) is 6.92 Å². The molecular formula is C14H26N2O5. The molecule has 0 spiro atoms. The van der Waals surface area contributed by atoms with Crippen molar-refractivity contribution in [3.63, 3.8) is 0 Å². The standard InChI is InChI=1S/C10H14N2O5.2C2H6/c1-5-3-12(10(16)11-9(5)15)8-2-6(14)7(4-13)17-8;2*1-2/h3,6-8,13-14H,2,4H2,1H3,(H,11,15,16);2*1-2H3. The van der Waals surface area contributed by atoms with E-state index in [0.717, 1.165) is 0 Å². The minimum Gasteiger partial charge on any atom is -0.394 e. The summed E-state index contributed by atoms with van der Waals surface area (Å²) in [6.07, 6.45) is -0.581. The molecule has 7 heteroatoms. The molecule has 21 heavy (non-hydrogen) atoms. The van der Waals surface area contributed by atoms with Gasteiger partial charge in [-0.15, -0.1) is 0 Å². The van der Waals surface area contributed by atoms with E-state index in [9.17, 15) is 14.7 Å². The molecule has 0 aliphatic carbocycles. The molecule has 1 aliphatic rings. The van der Waals surface area contributed by atoms with Gasteiger partial charge in [0.2, 0.25) is 0 Å². The lowest BCUT2D eigenvalue weighted by Crippen LogP contribution is -2.33. The van der Waals surface area contributed by atoms with Crippen molar-refractivity contribution in [1.29, 1.82) is 0 Å². The van der Waals surface area contributed by atoms with Crippen LogP contribution in [0.15, 0.2) is 15.8 Å². The van der Waals surface area contributed by atoms with Gasteiger partial charge in [-0.3, -0.25) is 14.3 Å². The Morgan fingerprint density at radius 3 is 2.38 bits per heavy atom. The molecule has 1 saturated heterocycles. The molecule has 0 bridgehead atoms. The van der Waals surface area contributed by atoms with Crippen LogP contribution in [0.3, 0.4) is 0 Å². The van der Waals surface area contributed by atoms with Crippen LogP contribution >= 0.6 is 0 Å². The Balaban J connectivity index is 0.000000921. The van der Waals surface area contributed by atoms with E-state index >= 15 is 0 Å². The molecule has 1 aliphatic heterocycles. The summed E-state index contributed by atoms with van der Waals surface area (Å²) in [4.78, 5) is 24.9. The maximum Gasteiger partial charge on any atom is 0.330 e. The molecule has 3 atom stereocenters. The van der Waals surface area contributed by atoms with E-state index in [2.05, 4.69) is 4.98 Å². The lowest BCUT2D eigenvalue weighted by Gasteiger charge is -2.14. The number of H-pyrrole nitrogens is 1. The Hall–Kier alpha value is -1.44. The number of rotatable bonds is 2. The van der Waals surface area contributed by atoms with E-state index in [1.165, 1.54) is 10.8 Å². The molecule has 122 valence electrons. The second-order valence-electron chi connectivity index (χ2n) is 4.09. The molecule has 1 fully saturated rings. The smallest absolute Gasteiger partial charge is 0.330 e. The second kappa shape index (κ2) is 9.49. The summed E-state index contributed by atoms with van der Waals surface area (Å²) >= 11 is 0. The Labute approximate surface area is 124 Å². The van der Waals surface area contributed by atoms with Crippen molar-refractivity contribution in [1.82, 2.24) is 9.55 Å².